The summed E-state index contributed by atoms with van der Waals surface area (Å²) in [5, 5.41) is 3.01. The van der Waals surface area contributed by atoms with Crippen molar-refractivity contribution in [1.82, 2.24) is 9.80 Å². The number of carbonyl (C=O) groups excluding carboxylic acids is 3. The second-order valence-corrected chi connectivity index (χ2v) is 8.68. The van der Waals surface area contributed by atoms with Gasteiger partial charge in [-0.2, -0.15) is 0 Å². The highest BCUT2D eigenvalue weighted by Crippen LogP contribution is 2.24. The Morgan fingerprint density at radius 2 is 1.71 bits per heavy atom. The van der Waals surface area contributed by atoms with Gasteiger partial charge in [-0.1, -0.05) is 48.5 Å². The van der Waals surface area contributed by atoms with Crippen LogP contribution in [0.1, 0.15) is 50.3 Å². The van der Waals surface area contributed by atoms with Crippen LogP contribution in [0.15, 0.2) is 54.6 Å². The Bertz CT molecular complexity index is 971. The number of hydrogen-bond acceptors (Lipinski definition) is 4. The molecule has 34 heavy (non-hydrogen) atoms. The number of ether oxygens (including phenoxy) is 1. The van der Waals surface area contributed by atoms with Crippen LogP contribution in [0, 0.1) is 12.8 Å². The third-order valence-corrected chi connectivity index (χ3v) is 6.43. The van der Waals surface area contributed by atoms with Crippen LogP contribution in [0.5, 0.6) is 0 Å². The lowest BCUT2D eigenvalue weighted by Crippen LogP contribution is -2.43. The van der Waals surface area contributed by atoms with Crippen LogP contribution in [0.2, 0.25) is 0 Å². The smallest absolute Gasteiger partial charge is 0.322 e. The van der Waals surface area contributed by atoms with E-state index >= 15 is 0 Å². The highest BCUT2D eigenvalue weighted by molar-refractivity contribution is 5.90. The second-order valence-electron chi connectivity index (χ2n) is 8.68. The first-order valence-corrected chi connectivity index (χ1v) is 12.0. The number of amides is 3. The van der Waals surface area contributed by atoms with Gasteiger partial charge in [-0.3, -0.25) is 9.59 Å². The van der Waals surface area contributed by atoms with E-state index in [1.807, 2.05) is 68.4 Å². The summed E-state index contributed by atoms with van der Waals surface area (Å²) < 4.78 is 5.11. The Labute approximate surface area is 202 Å². The molecule has 2 aromatic carbocycles. The zero-order valence-electron chi connectivity index (χ0n) is 20.3. The van der Waals surface area contributed by atoms with E-state index in [0.717, 1.165) is 16.8 Å². The molecular formula is C27H35N3O4. The maximum absolute atomic E-state index is 13.3. The van der Waals surface area contributed by atoms with Crippen molar-refractivity contribution in [3.8, 4) is 0 Å². The number of nitrogens with zero attached hydrogens (tertiary/aromatic N) is 2. The predicted molar refractivity (Wildman–Crippen MR) is 132 cm³/mol. The fourth-order valence-corrected chi connectivity index (χ4v) is 4.28. The van der Waals surface area contributed by atoms with E-state index in [1.54, 1.807) is 16.7 Å². The number of carbonyl (C=O) groups is 3. The lowest BCUT2D eigenvalue weighted by atomic mass is 9.97. The number of likely N-dealkylation sites (tertiary alicyclic amines) is 1. The van der Waals surface area contributed by atoms with Crippen LogP contribution in [0.4, 0.5) is 10.5 Å². The normalized spacial score (nSPS) is 14.9. The zero-order chi connectivity index (χ0) is 24.5. The van der Waals surface area contributed by atoms with E-state index in [2.05, 4.69) is 5.32 Å². The number of anilines is 1. The molecule has 3 amide bonds. The van der Waals surface area contributed by atoms with Gasteiger partial charge in [-0.05, 0) is 50.8 Å². The molecule has 0 radical (unpaired) electrons. The summed E-state index contributed by atoms with van der Waals surface area (Å²) in [6.45, 7) is 7.46. The van der Waals surface area contributed by atoms with Gasteiger partial charge >= 0.3 is 12.0 Å². The Balaban J connectivity index is 1.64. The summed E-state index contributed by atoms with van der Waals surface area (Å²) >= 11 is 0. The molecule has 0 spiro atoms. The van der Waals surface area contributed by atoms with Crippen molar-refractivity contribution in [2.24, 2.45) is 5.92 Å². The number of aryl methyl sites for hydroxylation is 1. The quantitative estimate of drug-likeness (QED) is 0.569. The van der Waals surface area contributed by atoms with E-state index in [-0.39, 0.29) is 36.3 Å². The molecule has 1 N–H and O–H groups in total. The number of piperidine rings is 1. The summed E-state index contributed by atoms with van der Waals surface area (Å²) in [4.78, 5) is 41.7. The SMILES string of the molecule is CCOC(=O)C1CCN(C(=O)CCN(C(=O)Nc2ccccc2C)C(C)c2ccccc2)CC1. The number of hydrogen-bond donors (Lipinski definition) is 1. The van der Waals surface area contributed by atoms with Crippen molar-refractivity contribution in [2.45, 2.75) is 46.1 Å². The lowest BCUT2D eigenvalue weighted by Gasteiger charge is -2.33. The van der Waals surface area contributed by atoms with Gasteiger partial charge in [0, 0.05) is 31.7 Å². The molecule has 3 rings (SSSR count). The van der Waals surface area contributed by atoms with E-state index in [4.69, 9.17) is 4.74 Å². The first-order chi connectivity index (χ1) is 16.4. The van der Waals surface area contributed by atoms with E-state index in [0.29, 0.717) is 39.1 Å². The molecule has 7 heteroatoms. The third kappa shape index (κ3) is 6.59. The van der Waals surface area contributed by atoms with Crippen molar-refractivity contribution in [3.63, 3.8) is 0 Å². The maximum Gasteiger partial charge on any atom is 0.322 e. The maximum atomic E-state index is 13.3. The van der Waals surface area contributed by atoms with Crippen LogP contribution in [-0.4, -0.2) is 53.9 Å². The largest absolute Gasteiger partial charge is 0.466 e. The minimum Gasteiger partial charge on any atom is -0.466 e. The van der Waals surface area contributed by atoms with Gasteiger partial charge in [0.05, 0.1) is 18.6 Å². The van der Waals surface area contributed by atoms with Crippen molar-refractivity contribution >= 4 is 23.6 Å². The van der Waals surface area contributed by atoms with Gasteiger partial charge in [0.1, 0.15) is 0 Å². The summed E-state index contributed by atoms with van der Waals surface area (Å²) in [6.07, 6.45) is 1.45. The zero-order valence-corrected chi connectivity index (χ0v) is 20.3. The molecule has 1 unspecified atom stereocenters. The molecule has 1 fully saturated rings. The summed E-state index contributed by atoms with van der Waals surface area (Å²) in [7, 11) is 0. The number of benzene rings is 2. The van der Waals surface area contributed by atoms with Crippen LogP contribution in [0.3, 0.4) is 0 Å². The minimum atomic E-state index is -0.237. The molecular weight excluding hydrogens is 430 g/mol. The van der Waals surface area contributed by atoms with Crippen molar-refractivity contribution in [3.05, 3.63) is 65.7 Å². The summed E-state index contributed by atoms with van der Waals surface area (Å²) in [6, 6.07) is 17.0. The summed E-state index contributed by atoms with van der Waals surface area (Å²) in [5.74, 6) is -0.319. The number of nitrogens with one attached hydrogen (secondary N) is 1. The molecule has 182 valence electrons. The molecule has 1 aliphatic heterocycles. The van der Waals surface area contributed by atoms with E-state index in [1.165, 1.54) is 0 Å². The Morgan fingerprint density at radius 1 is 1.06 bits per heavy atom. The molecule has 0 aromatic heterocycles. The molecule has 7 nitrogen and oxygen atoms in total. The number of urea groups is 1. The van der Waals surface area contributed by atoms with E-state index < -0.39 is 0 Å². The van der Waals surface area contributed by atoms with Crippen molar-refractivity contribution in [1.29, 1.82) is 0 Å². The molecule has 1 aliphatic rings. The van der Waals surface area contributed by atoms with Crippen molar-refractivity contribution < 1.29 is 19.1 Å². The first kappa shape index (κ1) is 25.3. The minimum absolute atomic E-state index is 0.00346. The number of rotatable bonds is 8. The van der Waals surface area contributed by atoms with Gasteiger partial charge in [0.15, 0.2) is 0 Å². The molecule has 1 atom stereocenters. The Morgan fingerprint density at radius 3 is 2.35 bits per heavy atom. The highest BCUT2D eigenvalue weighted by atomic mass is 16.5. The average molecular weight is 466 g/mol. The van der Waals surface area contributed by atoms with Gasteiger partial charge in [0.25, 0.3) is 0 Å². The molecule has 2 aromatic rings. The second kappa shape index (κ2) is 12.2. The lowest BCUT2D eigenvalue weighted by molar-refractivity contribution is -0.151. The molecule has 1 heterocycles. The average Bonchev–Trinajstić information content (AvgIpc) is 2.86. The van der Waals surface area contributed by atoms with Gasteiger partial charge < -0.3 is 19.9 Å². The fraction of sp³-hybridized carbons (Fsp3) is 0.444. The summed E-state index contributed by atoms with van der Waals surface area (Å²) in [5.41, 5.74) is 2.74. The topological polar surface area (TPSA) is 79.0 Å². The predicted octanol–water partition coefficient (Wildman–Crippen LogP) is 4.78. The van der Waals surface area contributed by atoms with Crippen LogP contribution >= 0.6 is 0 Å². The first-order valence-electron chi connectivity index (χ1n) is 12.0. The standard InChI is InChI=1S/C27H35N3O4/c1-4-34-26(32)23-14-17-29(18-15-23)25(31)16-19-30(21(3)22-11-6-5-7-12-22)27(33)28-24-13-9-8-10-20(24)2/h5-13,21,23H,4,14-19H2,1-3H3,(H,28,33). The monoisotopic (exact) mass is 465 g/mol. The van der Waals surface area contributed by atoms with Gasteiger partial charge in [-0.15, -0.1) is 0 Å². The van der Waals surface area contributed by atoms with Gasteiger partial charge in [0.2, 0.25) is 5.91 Å². The van der Waals surface area contributed by atoms with E-state index in [9.17, 15) is 14.4 Å². The van der Waals surface area contributed by atoms with Crippen LogP contribution < -0.4 is 5.32 Å². The van der Waals surface area contributed by atoms with Crippen LogP contribution in [-0.2, 0) is 14.3 Å². The molecule has 0 bridgehead atoms. The Hall–Kier alpha value is -3.35. The number of para-hydroxylation sites is 1. The molecule has 0 aliphatic carbocycles. The highest BCUT2D eigenvalue weighted by Gasteiger charge is 2.29. The van der Waals surface area contributed by atoms with Gasteiger partial charge in [-0.25, -0.2) is 4.79 Å². The third-order valence-electron chi connectivity index (χ3n) is 6.43. The molecule has 1 saturated heterocycles. The number of esters is 1. The Kier molecular flexibility index (Phi) is 9.08. The molecule has 0 saturated carbocycles. The van der Waals surface area contributed by atoms with Crippen LogP contribution in [0.25, 0.3) is 0 Å². The van der Waals surface area contributed by atoms with Crippen molar-refractivity contribution in [2.75, 3.05) is 31.6 Å². The fourth-order valence-electron chi connectivity index (χ4n) is 4.28.